The fourth-order valence-corrected chi connectivity index (χ4v) is 1.97. The molecule has 0 bridgehead atoms. The summed E-state index contributed by atoms with van der Waals surface area (Å²) in [7, 11) is 0. The molecule has 1 aliphatic rings. The first-order valence-corrected chi connectivity index (χ1v) is 5.49. The SMILES string of the molecule is CC(=O)Nc1cc(N2CCCC2)ccc1F. The summed E-state index contributed by atoms with van der Waals surface area (Å²) in [6, 6.07) is 4.85. The van der Waals surface area contributed by atoms with E-state index in [1.165, 1.54) is 25.8 Å². The van der Waals surface area contributed by atoms with Gasteiger partial charge in [0, 0.05) is 25.7 Å². The van der Waals surface area contributed by atoms with Crippen molar-refractivity contribution in [2.45, 2.75) is 19.8 Å². The molecule has 0 aliphatic carbocycles. The number of anilines is 2. The van der Waals surface area contributed by atoms with Crippen molar-refractivity contribution in [1.29, 1.82) is 0 Å². The van der Waals surface area contributed by atoms with Gasteiger partial charge in [-0.1, -0.05) is 0 Å². The van der Waals surface area contributed by atoms with Crippen molar-refractivity contribution in [1.82, 2.24) is 0 Å². The maximum absolute atomic E-state index is 13.4. The van der Waals surface area contributed by atoms with Crippen LogP contribution in [0.5, 0.6) is 0 Å². The molecule has 3 nitrogen and oxygen atoms in total. The van der Waals surface area contributed by atoms with Crippen LogP contribution in [0.25, 0.3) is 0 Å². The monoisotopic (exact) mass is 222 g/mol. The first-order valence-electron chi connectivity index (χ1n) is 5.49. The molecular weight excluding hydrogens is 207 g/mol. The lowest BCUT2D eigenvalue weighted by Gasteiger charge is -2.18. The van der Waals surface area contributed by atoms with Crippen LogP contribution in [-0.2, 0) is 4.79 Å². The van der Waals surface area contributed by atoms with Crippen molar-refractivity contribution >= 4 is 17.3 Å². The van der Waals surface area contributed by atoms with Crippen molar-refractivity contribution < 1.29 is 9.18 Å². The van der Waals surface area contributed by atoms with Crippen LogP contribution in [0, 0.1) is 5.82 Å². The molecule has 1 aromatic carbocycles. The number of halogens is 1. The van der Waals surface area contributed by atoms with Gasteiger partial charge in [-0.2, -0.15) is 0 Å². The third kappa shape index (κ3) is 2.32. The zero-order chi connectivity index (χ0) is 11.5. The molecule has 1 heterocycles. The number of nitrogens with zero attached hydrogens (tertiary/aromatic N) is 1. The second kappa shape index (κ2) is 4.51. The van der Waals surface area contributed by atoms with Gasteiger partial charge in [-0.05, 0) is 31.0 Å². The average molecular weight is 222 g/mol. The van der Waals surface area contributed by atoms with Crippen LogP contribution >= 0.6 is 0 Å². The molecule has 1 aliphatic heterocycles. The van der Waals surface area contributed by atoms with Crippen LogP contribution in [0.4, 0.5) is 15.8 Å². The number of carbonyl (C=O) groups excluding carboxylic acids is 1. The molecule has 1 fully saturated rings. The zero-order valence-electron chi connectivity index (χ0n) is 9.29. The van der Waals surface area contributed by atoms with Gasteiger partial charge in [0.05, 0.1) is 5.69 Å². The van der Waals surface area contributed by atoms with Crippen LogP contribution in [0.1, 0.15) is 19.8 Å². The maximum Gasteiger partial charge on any atom is 0.221 e. The van der Waals surface area contributed by atoms with Crippen molar-refractivity contribution in [2.75, 3.05) is 23.3 Å². The number of amides is 1. The molecule has 0 atom stereocenters. The summed E-state index contributed by atoms with van der Waals surface area (Å²) >= 11 is 0. The highest BCUT2D eigenvalue weighted by molar-refractivity contribution is 5.89. The third-order valence-corrected chi connectivity index (χ3v) is 2.73. The molecule has 4 heteroatoms. The predicted octanol–water partition coefficient (Wildman–Crippen LogP) is 2.38. The predicted molar refractivity (Wildman–Crippen MR) is 62.2 cm³/mol. The Morgan fingerprint density at radius 1 is 1.38 bits per heavy atom. The van der Waals surface area contributed by atoms with Crippen LogP contribution in [0.2, 0.25) is 0 Å². The molecule has 1 saturated heterocycles. The van der Waals surface area contributed by atoms with Crippen molar-refractivity contribution in [3.63, 3.8) is 0 Å². The molecule has 1 aromatic rings. The van der Waals surface area contributed by atoms with Gasteiger partial charge in [0.15, 0.2) is 0 Å². The highest BCUT2D eigenvalue weighted by Crippen LogP contribution is 2.25. The summed E-state index contributed by atoms with van der Waals surface area (Å²) in [4.78, 5) is 13.1. The molecule has 0 radical (unpaired) electrons. The average Bonchev–Trinajstić information content (AvgIpc) is 2.73. The molecule has 1 N–H and O–H groups in total. The van der Waals surface area contributed by atoms with Gasteiger partial charge in [-0.3, -0.25) is 4.79 Å². The molecule has 2 rings (SSSR count). The Morgan fingerprint density at radius 2 is 2.06 bits per heavy atom. The van der Waals surface area contributed by atoms with Gasteiger partial charge < -0.3 is 10.2 Å². The van der Waals surface area contributed by atoms with Gasteiger partial charge in [-0.15, -0.1) is 0 Å². The van der Waals surface area contributed by atoms with Gasteiger partial charge in [0.25, 0.3) is 0 Å². The molecule has 1 amide bonds. The first kappa shape index (κ1) is 10.9. The van der Waals surface area contributed by atoms with Crippen molar-refractivity contribution in [3.8, 4) is 0 Å². The summed E-state index contributed by atoms with van der Waals surface area (Å²) in [5.74, 6) is -0.643. The summed E-state index contributed by atoms with van der Waals surface area (Å²) < 4.78 is 13.4. The lowest BCUT2D eigenvalue weighted by molar-refractivity contribution is -0.114. The number of carbonyl (C=O) groups is 1. The van der Waals surface area contributed by atoms with Crippen molar-refractivity contribution in [2.24, 2.45) is 0 Å². The quantitative estimate of drug-likeness (QED) is 0.833. The summed E-state index contributed by atoms with van der Waals surface area (Å²) in [5.41, 5.74) is 1.24. The summed E-state index contributed by atoms with van der Waals surface area (Å²) in [5, 5.41) is 2.50. The fourth-order valence-electron chi connectivity index (χ4n) is 1.97. The van der Waals surface area contributed by atoms with E-state index in [0.717, 1.165) is 18.8 Å². The Bertz CT molecular complexity index is 400. The minimum atomic E-state index is -0.391. The second-order valence-corrected chi connectivity index (χ2v) is 4.04. The van der Waals surface area contributed by atoms with Gasteiger partial charge in [0.2, 0.25) is 5.91 Å². The Labute approximate surface area is 94.3 Å². The van der Waals surface area contributed by atoms with Gasteiger partial charge in [-0.25, -0.2) is 4.39 Å². The van der Waals surface area contributed by atoms with E-state index in [0.29, 0.717) is 0 Å². The van der Waals surface area contributed by atoms with Crippen molar-refractivity contribution in [3.05, 3.63) is 24.0 Å². The Morgan fingerprint density at radius 3 is 2.69 bits per heavy atom. The summed E-state index contributed by atoms with van der Waals surface area (Å²) in [6.07, 6.45) is 2.35. The molecule has 0 saturated carbocycles. The minimum absolute atomic E-state index is 0.252. The van der Waals surface area contributed by atoms with Crippen LogP contribution < -0.4 is 10.2 Å². The van der Waals surface area contributed by atoms with E-state index < -0.39 is 5.82 Å². The Hall–Kier alpha value is -1.58. The molecule has 0 unspecified atom stereocenters. The van der Waals surface area contributed by atoms with Gasteiger partial charge >= 0.3 is 0 Å². The topological polar surface area (TPSA) is 32.3 Å². The fraction of sp³-hybridized carbons (Fsp3) is 0.417. The number of nitrogens with one attached hydrogen (secondary N) is 1. The zero-order valence-corrected chi connectivity index (χ0v) is 9.29. The number of hydrogen-bond acceptors (Lipinski definition) is 2. The Kier molecular flexibility index (Phi) is 3.08. The van der Waals surface area contributed by atoms with E-state index in [1.807, 2.05) is 0 Å². The van der Waals surface area contributed by atoms with E-state index in [2.05, 4.69) is 10.2 Å². The molecule has 86 valence electrons. The Balaban J connectivity index is 2.23. The van der Waals surface area contributed by atoms with E-state index >= 15 is 0 Å². The highest BCUT2D eigenvalue weighted by Gasteiger charge is 2.14. The first-order chi connectivity index (χ1) is 7.66. The standard InChI is InChI=1S/C12H15FN2O/c1-9(16)14-12-8-10(4-5-11(12)13)15-6-2-3-7-15/h4-5,8H,2-3,6-7H2,1H3,(H,14,16). The molecule has 16 heavy (non-hydrogen) atoms. The third-order valence-electron chi connectivity index (χ3n) is 2.73. The highest BCUT2D eigenvalue weighted by atomic mass is 19.1. The largest absolute Gasteiger partial charge is 0.371 e. The van der Waals surface area contributed by atoms with Crippen LogP contribution in [-0.4, -0.2) is 19.0 Å². The lowest BCUT2D eigenvalue weighted by Crippen LogP contribution is -2.18. The molecule has 0 aromatic heterocycles. The van der Waals surface area contributed by atoms with Crippen LogP contribution in [0.15, 0.2) is 18.2 Å². The number of benzene rings is 1. The maximum atomic E-state index is 13.4. The lowest BCUT2D eigenvalue weighted by atomic mass is 10.2. The smallest absolute Gasteiger partial charge is 0.221 e. The minimum Gasteiger partial charge on any atom is -0.371 e. The molecular formula is C12H15FN2O. The van der Waals surface area contributed by atoms with E-state index in [4.69, 9.17) is 0 Å². The van der Waals surface area contributed by atoms with Gasteiger partial charge in [0.1, 0.15) is 5.82 Å². The summed E-state index contributed by atoms with van der Waals surface area (Å²) in [6.45, 7) is 3.39. The van der Waals surface area contributed by atoms with E-state index in [-0.39, 0.29) is 11.6 Å². The number of rotatable bonds is 2. The van der Waals surface area contributed by atoms with E-state index in [9.17, 15) is 9.18 Å². The number of hydrogen-bond donors (Lipinski definition) is 1. The second-order valence-electron chi connectivity index (χ2n) is 4.04. The van der Waals surface area contributed by atoms with Crippen LogP contribution in [0.3, 0.4) is 0 Å². The molecule has 0 spiro atoms. The van der Waals surface area contributed by atoms with E-state index in [1.54, 1.807) is 12.1 Å². The normalized spacial score (nSPS) is 15.2.